The average molecular weight is 387 g/mol. The highest BCUT2D eigenvalue weighted by molar-refractivity contribution is 5.53. The monoisotopic (exact) mass is 387 g/mol. The van der Waals surface area contributed by atoms with Gasteiger partial charge in [-0.15, -0.1) is 5.11 Å². The number of rotatable bonds is 6. The Balaban J connectivity index is 1.70. The molecule has 0 bridgehead atoms. The predicted molar refractivity (Wildman–Crippen MR) is 111 cm³/mol. The molecule has 29 heavy (non-hydrogen) atoms. The van der Waals surface area contributed by atoms with Crippen LogP contribution < -0.4 is 4.90 Å². The van der Waals surface area contributed by atoms with Crippen LogP contribution in [0.15, 0.2) is 88.2 Å². The molecule has 2 atom stereocenters. The molecule has 0 fully saturated rings. The Morgan fingerprint density at radius 2 is 1.79 bits per heavy atom. The topological polar surface area (TPSA) is 94.9 Å². The lowest BCUT2D eigenvalue weighted by Gasteiger charge is -2.19. The van der Waals surface area contributed by atoms with E-state index < -0.39 is 11.0 Å². The highest BCUT2D eigenvalue weighted by Crippen LogP contribution is 2.27. The first-order chi connectivity index (χ1) is 14.0. The van der Waals surface area contributed by atoms with Crippen LogP contribution in [0.25, 0.3) is 0 Å². The van der Waals surface area contributed by atoms with Crippen LogP contribution in [0.4, 0.5) is 11.4 Å². The van der Waals surface area contributed by atoms with E-state index in [4.69, 9.17) is 0 Å². The summed E-state index contributed by atoms with van der Waals surface area (Å²) in [5.41, 5.74) is 3.45. The summed E-state index contributed by atoms with van der Waals surface area (Å²) in [6.45, 7) is 2.52. The molecule has 7 heteroatoms. The summed E-state index contributed by atoms with van der Waals surface area (Å²) in [4.78, 5) is 12.8. The van der Waals surface area contributed by atoms with Crippen molar-refractivity contribution in [2.45, 2.75) is 19.5 Å². The summed E-state index contributed by atoms with van der Waals surface area (Å²) in [7, 11) is 2.02. The van der Waals surface area contributed by atoms with Gasteiger partial charge in [0.05, 0.1) is 17.0 Å². The number of hydrogen-bond donors (Lipinski definition) is 0. The van der Waals surface area contributed by atoms with Crippen LogP contribution >= 0.6 is 0 Å². The van der Waals surface area contributed by atoms with Crippen LogP contribution in [0.2, 0.25) is 0 Å². The molecule has 7 nitrogen and oxygen atoms in total. The Hall–Kier alpha value is -3.79. The molecule has 1 aliphatic rings. The second-order valence-electron chi connectivity index (χ2n) is 6.94. The van der Waals surface area contributed by atoms with Gasteiger partial charge in [-0.3, -0.25) is 10.1 Å². The first-order valence-corrected chi connectivity index (χ1v) is 9.22. The Bertz CT molecular complexity index is 1000. The molecule has 3 rings (SSSR count). The Morgan fingerprint density at radius 3 is 2.41 bits per heavy atom. The number of hydrogen-bond acceptors (Lipinski definition) is 6. The molecule has 2 aromatic rings. The van der Waals surface area contributed by atoms with Crippen molar-refractivity contribution in [3.63, 3.8) is 0 Å². The van der Waals surface area contributed by atoms with Crippen molar-refractivity contribution >= 4 is 11.4 Å². The normalized spacial score (nSPS) is 18.7. The van der Waals surface area contributed by atoms with Gasteiger partial charge in [-0.2, -0.15) is 10.4 Å². The predicted octanol–water partition coefficient (Wildman–Crippen LogP) is 5.04. The molecular weight excluding hydrogens is 366 g/mol. The van der Waals surface area contributed by atoms with Crippen molar-refractivity contribution in [1.29, 1.82) is 5.26 Å². The molecule has 0 amide bonds. The molecule has 2 aromatic carbocycles. The molecule has 0 radical (unpaired) electrons. The van der Waals surface area contributed by atoms with E-state index in [0.717, 1.165) is 12.2 Å². The molecule has 0 N–H and O–H groups in total. The van der Waals surface area contributed by atoms with Crippen molar-refractivity contribution in [2.24, 2.45) is 16.1 Å². The lowest BCUT2D eigenvalue weighted by molar-refractivity contribution is -0.515. The zero-order chi connectivity index (χ0) is 20.8. The van der Waals surface area contributed by atoms with Crippen LogP contribution in [0.5, 0.6) is 0 Å². The maximum Gasteiger partial charge on any atom is 0.238 e. The van der Waals surface area contributed by atoms with Crippen LogP contribution in [0, 0.1) is 27.4 Å². The highest BCUT2D eigenvalue weighted by atomic mass is 16.6. The fourth-order valence-corrected chi connectivity index (χ4v) is 3.11. The molecule has 146 valence electrons. The van der Waals surface area contributed by atoms with Crippen molar-refractivity contribution in [3.8, 4) is 6.07 Å². The van der Waals surface area contributed by atoms with Gasteiger partial charge in [0.2, 0.25) is 6.04 Å². The number of nitrogens with zero attached hydrogens (tertiary/aromatic N) is 5. The second-order valence-corrected chi connectivity index (χ2v) is 6.94. The molecule has 2 unspecified atom stereocenters. The number of azo groups is 1. The highest BCUT2D eigenvalue weighted by Gasteiger charge is 2.30. The number of anilines is 1. The van der Waals surface area contributed by atoms with Crippen LogP contribution in [-0.2, 0) is 6.54 Å². The first kappa shape index (κ1) is 20.0. The van der Waals surface area contributed by atoms with Gasteiger partial charge in [0, 0.05) is 36.2 Å². The fourth-order valence-electron chi connectivity index (χ4n) is 3.11. The van der Waals surface area contributed by atoms with Crippen molar-refractivity contribution in [1.82, 2.24) is 0 Å². The summed E-state index contributed by atoms with van der Waals surface area (Å²) in [5.74, 6) is -0.356. The van der Waals surface area contributed by atoms with E-state index in [1.807, 2.05) is 55.6 Å². The van der Waals surface area contributed by atoms with Crippen LogP contribution in [0.3, 0.4) is 0 Å². The standard InChI is InChI=1S/C22H21N5O2/c1-16-12-21(18(14-23)13-22(16)27(28)29)25-24-19-8-10-20(11-9-19)26(2)15-17-6-4-3-5-7-17/h3-13,16,22H,15H2,1-2H3. The lowest BCUT2D eigenvalue weighted by atomic mass is 9.92. The fraction of sp³-hybridized carbons (Fsp3) is 0.227. The molecule has 0 aliphatic heterocycles. The number of benzene rings is 2. The summed E-state index contributed by atoms with van der Waals surface area (Å²) in [5, 5.41) is 28.7. The molecule has 0 aromatic heterocycles. The maximum absolute atomic E-state index is 11.1. The van der Waals surface area contributed by atoms with Gasteiger partial charge in [0.25, 0.3) is 0 Å². The Morgan fingerprint density at radius 1 is 1.10 bits per heavy atom. The second kappa shape index (κ2) is 8.93. The molecule has 0 saturated heterocycles. The molecule has 0 spiro atoms. The van der Waals surface area contributed by atoms with E-state index in [9.17, 15) is 15.4 Å². The minimum Gasteiger partial charge on any atom is -0.370 e. The van der Waals surface area contributed by atoms with Gasteiger partial charge in [0.15, 0.2) is 0 Å². The van der Waals surface area contributed by atoms with Crippen LogP contribution in [0.1, 0.15) is 12.5 Å². The van der Waals surface area contributed by atoms with Gasteiger partial charge < -0.3 is 4.90 Å². The van der Waals surface area contributed by atoms with Crippen molar-refractivity contribution in [3.05, 3.63) is 93.7 Å². The minimum absolute atomic E-state index is 0.174. The number of nitro groups is 1. The van der Waals surface area contributed by atoms with Crippen molar-refractivity contribution in [2.75, 3.05) is 11.9 Å². The third-order valence-corrected chi connectivity index (χ3v) is 4.76. The maximum atomic E-state index is 11.1. The number of nitriles is 1. The van der Waals surface area contributed by atoms with E-state index in [1.54, 1.807) is 13.0 Å². The third-order valence-electron chi connectivity index (χ3n) is 4.76. The molecule has 1 aliphatic carbocycles. The minimum atomic E-state index is -0.914. The van der Waals surface area contributed by atoms with Gasteiger partial charge in [0.1, 0.15) is 6.07 Å². The van der Waals surface area contributed by atoms with Crippen molar-refractivity contribution < 1.29 is 4.92 Å². The van der Waals surface area contributed by atoms with E-state index in [-0.39, 0.29) is 11.5 Å². The van der Waals surface area contributed by atoms with E-state index in [0.29, 0.717) is 11.4 Å². The molecular formula is C22H21N5O2. The molecule has 0 heterocycles. The van der Waals surface area contributed by atoms with Crippen LogP contribution in [-0.4, -0.2) is 18.0 Å². The molecule has 0 saturated carbocycles. The van der Waals surface area contributed by atoms with Gasteiger partial charge in [-0.1, -0.05) is 37.3 Å². The SMILES string of the molecule is CC1C=C(N=Nc2ccc(N(C)Cc3ccccc3)cc2)C(C#N)=CC1[N+](=O)[O-]. The summed E-state index contributed by atoms with van der Waals surface area (Å²) in [6, 6.07) is 18.9. The van der Waals surface area contributed by atoms with Gasteiger partial charge in [-0.25, -0.2) is 0 Å². The zero-order valence-electron chi connectivity index (χ0n) is 16.3. The van der Waals surface area contributed by atoms with E-state index in [1.165, 1.54) is 11.6 Å². The quantitative estimate of drug-likeness (QED) is 0.394. The average Bonchev–Trinajstić information content (AvgIpc) is 2.73. The Kier molecular flexibility index (Phi) is 6.15. The lowest BCUT2D eigenvalue weighted by Crippen LogP contribution is -2.27. The smallest absolute Gasteiger partial charge is 0.238 e. The summed E-state index contributed by atoms with van der Waals surface area (Å²) >= 11 is 0. The summed E-state index contributed by atoms with van der Waals surface area (Å²) < 4.78 is 0. The first-order valence-electron chi connectivity index (χ1n) is 9.22. The van der Waals surface area contributed by atoms with Gasteiger partial charge >= 0.3 is 0 Å². The zero-order valence-corrected chi connectivity index (χ0v) is 16.3. The largest absolute Gasteiger partial charge is 0.370 e. The van der Waals surface area contributed by atoms with E-state index >= 15 is 0 Å². The van der Waals surface area contributed by atoms with E-state index in [2.05, 4.69) is 27.3 Å². The summed E-state index contributed by atoms with van der Waals surface area (Å²) in [6.07, 6.45) is 2.97. The Labute approximate surface area is 169 Å². The van der Waals surface area contributed by atoms with Gasteiger partial charge in [-0.05, 0) is 35.9 Å². The number of allylic oxidation sites excluding steroid dienone is 1. The third kappa shape index (κ3) is 4.93.